The monoisotopic (exact) mass is 197 g/mol. The van der Waals surface area contributed by atoms with Crippen LogP contribution >= 0.6 is 11.6 Å². The van der Waals surface area contributed by atoms with Gasteiger partial charge in [-0.3, -0.25) is 0 Å². The van der Waals surface area contributed by atoms with Gasteiger partial charge in [0.15, 0.2) is 0 Å². The molecule has 2 unspecified atom stereocenters. The average molecular weight is 198 g/mol. The lowest BCUT2D eigenvalue weighted by atomic mass is 9.92. The van der Waals surface area contributed by atoms with E-state index >= 15 is 0 Å². The maximum atomic E-state index is 9.86. The van der Waals surface area contributed by atoms with Crippen LogP contribution in [-0.2, 0) is 0 Å². The van der Waals surface area contributed by atoms with Gasteiger partial charge in [-0.25, -0.2) is 0 Å². The smallest absolute Gasteiger partial charge is 0.0852 e. The molecule has 0 amide bonds. The van der Waals surface area contributed by atoms with Crippen LogP contribution in [-0.4, -0.2) is 11.7 Å². The molecule has 0 spiro atoms. The fourth-order valence-electron chi connectivity index (χ4n) is 1.65. The van der Waals surface area contributed by atoms with E-state index in [9.17, 15) is 5.11 Å². The van der Waals surface area contributed by atoms with E-state index in [2.05, 4.69) is 5.32 Å². The molecule has 0 aliphatic carbocycles. The van der Waals surface area contributed by atoms with Gasteiger partial charge in [-0.15, -0.1) is 0 Å². The van der Waals surface area contributed by atoms with E-state index in [4.69, 9.17) is 11.6 Å². The van der Waals surface area contributed by atoms with Crippen molar-refractivity contribution in [1.82, 2.24) is 0 Å². The lowest BCUT2D eigenvalue weighted by molar-refractivity contribution is 0.120. The number of rotatable bonds is 0. The van der Waals surface area contributed by atoms with Gasteiger partial charge >= 0.3 is 0 Å². The summed E-state index contributed by atoms with van der Waals surface area (Å²) in [7, 11) is 0. The quantitative estimate of drug-likeness (QED) is 0.670. The molecule has 0 radical (unpaired) electrons. The second kappa shape index (κ2) is 3.20. The highest BCUT2D eigenvalue weighted by molar-refractivity contribution is 6.33. The molecule has 70 valence electrons. The molecule has 2 rings (SSSR count). The van der Waals surface area contributed by atoms with Crippen LogP contribution < -0.4 is 5.32 Å². The minimum absolute atomic E-state index is 0.242. The van der Waals surface area contributed by atoms with Gasteiger partial charge in [0.05, 0.1) is 16.8 Å². The molecule has 3 heteroatoms. The van der Waals surface area contributed by atoms with E-state index in [1.807, 2.05) is 25.1 Å². The van der Waals surface area contributed by atoms with Crippen LogP contribution in [0.1, 0.15) is 18.6 Å². The summed E-state index contributed by atoms with van der Waals surface area (Å²) < 4.78 is 0. The third kappa shape index (κ3) is 1.40. The number of para-hydroxylation sites is 1. The van der Waals surface area contributed by atoms with Crippen LogP contribution in [0.4, 0.5) is 5.69 Å². The molecule has 2 N–H and O–H groups in total. The zero-order valence-electron chi connectivity index (χ0n) is 7.42. The Kier molecular flexibility index (Phi) is 2.18. The van der Waals surface area contributed by atoms with E-state index in [0.29, 0.717) is 5.02 Å². The molecule has 1 aromatic carbocycles. The molecule has 1 heterocycles. The van der Waals surface area contributed by atoms with E-state index in [-0.39, 0.29) is 5.92 Å². The Morgan fingerprint density at radius 3 is 3.08 bits per heavy atom. The van der Waals surface area contributed by atoms with Crippen molar-refractivity contribution in [3.8, 4) is 0 Å². The predicted octanol–water partition coefficient (Wildman–Crippen LogP) is 2.44. The van der Waals surface area contributed by atoms with E-state index in [1.54, 1.807) is 0 Å². The van der Waals surface area contributed by atoms with Crippen LogP contribution in [0, 0.1) is 5.92 Å². The standard InChI is InChI=1S/C10H12ClNO/c1-6-5-12-9-7(10(6)13)3-2-4-8(9)11/h2-4,6,10,12-13H,5H2,1H3. The van der Waals surface area contributed by atoms with Crippen LogP contribution in [0.25, 0.3) is 0 Å². The van der Waals surface area contributed by atoms with Crippen molar-refractivity contribution in [2.75, 3.05) is 11.9 Å². The van der Waals surface area contributed by atoms with Gasteiger partial charge in [-0.2, -0.15) is 0 Å². The van der Waals surface area contributed by atoms with Crippen LogP contribution in [0.15, 0.2) is 18.2 Å². The number of fused-ring (bicyclic) bond motifs is 1. The second-order valence-corrected chi connectivity index (χ2v) is 3.91. The summed E-state index contributed by atoms with van der Waals surface area (Å²) in [6.45, 7) is 2.79. The second-order valence-electron chi connectivity index (χ2n) is 3.51. The van der Waals surface area contributed by atoms with Gasteiger partial charge in [0.2, 0.25) is 0 Å². The predicted molar refractivity (Wildman–Crippen MR) is 54.1 cm³/mol. The SMILES string of the molecule is CC1CNc2c(Cl)cccc2C1O. The zero-order chi connectivity index (χ0) is 9.42. The lowest BCUT2D eigenvalue weighted by Crippen LogP contribution is -2.25. The van der Waals surface area contributed by atoms with Gasteiger partial charge in [0.1, 0.15) is 0 Å². The Bertz CT molecular complexity index is 327. The molecular weight excluding hydrogens is 186 g/mol. The van der Waals surface area contributed by atoms with Crippen molar-refractivity contribution < 1.29 is 5.11 Å². The number of hydrogen-bond acceptors (Lipinski definition) is 2. The third-order valence-electron chi connectivity index (χ3n) is 2.50. The van der Waals surface area contributed by atoms with Gasteiger partial charge in [0, 0.05) is 18.0 Å². The molecule has 0 saturated carbocycles. The summed E-state index contributed by atoms with van der Waals surface area (Å²) in [5.41, 5.74) is 1.79. The molecule has 0 bridgehead atoms. The number of aliphatic hydroxyl groups is 1. The van der Waals surface area contributed by atoms with Crippen molar-refractivity contribution in [2.24, 2.45) is 5.92 Å². The normalized spacial score (nSPS) is 26.4. The van der Waals surface area contributed by atoms with Crippen LogP contribution in [0.3, 0.4) is 0 Å². The summed E-state index contributed by atoms with van der Waals surface area (Å²) in [6, 6.07) is 5.61. The van der Waals surface area contributed by atoms with Crippen molar-refractivity contribution in [1.29, 1.82) is 0 Å². The lowest BCUT2D eigenvalue weighted by Gasteiger charge is -2.29. The Balaban J connectivity index is 2.49. The van der Waals surface area contributed by atoms with Gasteiger partial charge in [0.25, 0.3) is 0 Å². The third-order valence-corrected chi connectivity index (χ3v) is 2.82. The van der Waals surface area contributed by atoms with Gasteiger partial charge < -0.3 is 10.4 Å². The molecular formula is C10H12ClNO. The summed E-state index contributed by atoms with van der Waals surface area (Å²) in [4.78, 5) is 0. The van der Waals surface area contributed by atoms with Gasteiger partial charge in [-0.05, 0) is 6.07 Å². The fourth-order valence-corrected chi connectivity index (χ4v) is 1.90. The number of nitrogens with one attached hydrogen (secondary N) is 1. The van der Waals surface area contributed by atoms with Crippen molar-refractivity contribution in [2.45, 2.75) is 13.0 Å². The molecule has 1 aliphatic rings. The minimum Gasteiger partial charge on any atom is -0.388 e. The summed E-state index contributed by atoms with van der Waals surface area (Å²) in [6.07, 6.45) is -0.394. The zero-order valence-corrected chi connectivity index (χ0v) is 8.17. The molecule has 0 saturated heterocycles. The number of halogens is 1. The molecule has 13 heavy (non-hydrogen) atoms. The molecule has 1 aliphatic heterocycles. The maximum Gasteiger partial charge on any atom is 0.0852 e. The molecule has 0 aromatic heterocycles. The van der Waals surface area contributed by atoms with E-state index in [0.717, 1.165) is 17.8 Å². The number of anilines is 1. The summed E-state index contributed by atoms with van der Waals surface area (Å²) in [5.74, 6) is 0.242. The first-order valence-electron chi connectivity index (χ1n) is 4.40. The Morgan fingerprint density at radius 2 is 2.31 bits per heavy atom. The summed E-state index contributed by atoms with van der Waals surface area (Å²) >= 11 is 5.98. The minimum atomic E-state index is -0.394. The highest BCUT2D eigenvalue weighted by Gasteiger charge is 2.25. The van der Waals surface area contributed by atoms with Crippen molar-refractivity contribution >= 4 is 17.3 Å². The first kappa shape index (κ1) is 8.85. The van der Waals surface area contributed by atoms with Crippen LogP contribution in [0.2, 0.25) is 5.02 Å². The fraction of sp³-hybridized carbons (Fsp3) is 0.400. The Hall–Kier alpha value is -0.730. The summed E-state index contributed by atoms with van der Waals surface area (Å²) in [5, 5.41) is 13.8. The van der Waals surface area contributed by atoms with Crippen molar-refractivity contribution in [3.05, 3.63) is 28.8 Å². The Morgan fingerprint density at radius 1 is 1.54 bits per heavy atom. The number of benzene rings is 1. The van der Waals surface area contributed by atoms with Gasteiger partial charge in [-0.1, -0.05) is 30.7 Å². The highest BCUT2D eigenvalue weighted by Crippen LogP contribution is 2.37. The first-order valence-corrected chi connectivity index (χ1v) is 4.78. The molecule has 0 fully saturated rings. The van der Waals surface area contributed by atoms with E-state index < -0.39 is 6.10 Å². The molecule has 2 atom stereocenters. The highest BCUT2D eigenvalue weighted by atomic mass is 35.5. The Labute approximate surface area is 82.5 Å². The first-order chi connectivity index (χ1) is 6.20. The molecule has 2 nitrogen and oxygen atoms in total. The molecule has 1 aromatic rings. The average Bonchev–Trinajstić information content (AvgIpc) is 2.12. The van der Waals surface area contributed by atoms with Crippen molar-refractivity contribution in [3.63, 3.8) is 0 Å². The topological polar surface area (TPSA) is 32.3 Å². The number of hydrogen-bond donors (Lipinski definition) is 2. The number of aliphatic hydroxyl groups excluding tert-OH is 1. The maximum absolute atomic E-state index is 9.86. The largest absolute Gasteiger partial charge is 0.388 e. The van der Waals surface area contributed by atoms with E-state index in [1.165, 1.54) is 0 Å². The van der Waals surface area contributed by atoms with Crippen LogP contribution in [0.5, 0.6) is 0 Å².